The Morgan fingerprint density at radius 1 is 1.18 bits per heavy atom. The summed E-state index contributed by atoms with van der Waals surface area (Å²) in [5.41, 5.74) is 3.35. The lowest BCUT2D eigenvalue weighted by Crippen LogP contribution is -2.12. The molecule has 3 aromatic rings. The maximum absolute atomic E-state index is 12.1. The van der Waals surface area contributed by atoms with Crippen LogP contribution in [0.15, 0.2) is 41.3 Å². The van der Waals surface area contributed by atoms with Gasteiger partial charge in [0.1, 0.15) is 5.69 Å². The van der Waals surface area contributed by atoms with Crippen LogP contribution in [0.1, 0.15) is 21.8 Å². The normalized spacial score (nSPS) is 10.5. The van der Waals surface area contributed by atoms with Gasteiger partial charge in [-0.15, -0.1) is 0 Å². The van der Waals surface area contributed by atoms with Crippen LogP contribution in [-0.4, -0.2) is 26.0 Å². The van der Waals surface area contributed by atoms with E-state index in [0.29, 0.717) is 11.4 Å². The quantitative estimate of drug-likeness (QED) is 0.797. The van der Waals surface area contributed by atoms with Gasteiger partial charge in [-0.3, -0.25) is 9.78 Å². The van der Waals surface area contributed by atoms with Gasteiger partial charge < -0.3 is 9.84 Å². The van der Waals surface area contributed by atoms with Crippen molar-refractivity contribution in [3.63, 3.8) is 0 Å². The Kier molecular flexibility index (Phi) is 3.61. The Balaban J connectivity index is 1.78. The second-order valence-corrected chi connectivity index (χ2v) is 4.77. The van der Waals surface area contributed by atoms with Gasteiger partial charge in [-0.25, -0.2) is 4.98 Å². The van der Waals surface area contributed by atoms with Gasteiger partial charge in [0, 0.05) is 18.1 Å². The molecule has 7 nitrogen and oxygen atoms in total. The van der Waals surface area contributed by atoms with E-state index >= 15 is 0 Å². The van der Waals surface area contributed by atoms with Gasteiger partial charge in [0.2, 0.25) is 5.82 Å². The molecule has 0 aliphatic heterocycles. The van der Waals surface area contributed by atoms with Gasteiger partial charge in [-0.05, 0) is 37.1 Å². The maximum atomic E-state index is 12.1. The first kappa shape index (κ1) is 13.9. The van der Waals surface area contributed by atoms with E-state index in [1.807, 2.05) is 32.0 Å². The molecule has 1 amide bonds. The van der Waals surface area contributed by atoms with Crippen LogP contribution in [0.5, 0.6) is 0 Å². The maximum Gasteiger partial charge on any atom is 0.316 e. The van der Waals surface area contributed by atoms with Crippen molar-refractivity contribution in [1.29, 1.82) is 0 Å². The van der Waals surface area contributed by atoms with E-state index in [4.69, 9.17) is 4.52 Å². The summed E-state index contributed by atoms with van der Waals surface area (Å²) in [6, 6.07) is 5.64. The second kappa shape index (κ2) is 5.72. The van der Waals surface area contributed by atoms with Crippen LogP contribution in [0.2, 0.25) is 0 Å². The van der Waals surface area contributed by atoms with Gasteiger partial charge >= 0.3 is 11.8 Å². The molecule has 110 valence electrons. The number of rotatable bonds is 3. The number of carbonyl (C=O) groups is 1. The summed E-state index contributed by atoms with van der Waals surface area (Å²) in [5, 5.41) is 6.45. The molecule has 0 fully saturated rings. The fraction of sp³-hybridized carbons (Fsp3) is 0.133. The number of nitrogens with one attached hydrogen (secondary N) is 1. The minimum Gasteiger partial charge on any atom is -0.328 e. The number of nitrogens with zero attached hydrogens (tertiary/aromatic N) is 4. The molecular weight excluding hydrogens is 282 g/mol. The number of hydrogen-bond acceptors (Lipinski definition) is 6. The zero-order chi connectivity index (χ0) is 15.5. The average molecular weight is 295 g/mol. The van der Waals surface area contributed by atoms with Gasteiger partial charge in [-0.1, -0.05) is 11.2 Å². The lowest BCUT2D eigenvalue weighted by Gasteiger charge is -2.05. The highest BCUT2D eigenvalue weighted by molar-refractivity contribution is 6.01. The molecule has 1 aromatic carbocycles. The molecule has 0 atom stereocenters. The summed E-state index contributed by atoms with van der Waals surface area (Å²) in [5.74, 6) is -0.372. The Morgan fingerprint density at radius 2 is 2.05 bits per heavy atom. The summed E-state index contributed by atoms with van der Waals surface area (Å²) < 4.78 is 4.97. The first-order chi connectivity index (χ1) is 10.6. The Labute approximate surface area is 126 Å². The number of aromatic nitrogens is 4. The topological polar surface area (TPSA) is 93.8 Å². The van der Waals surface area contributed by atoms with Gasteiger partial charge in [-0.2, -0.15) is 4.98 Å². The molecular formula is C15H13N5O2. The summed E-state index contributed by atoms with van der Waals surface area (Å²) >= 11 is 0. The molecule has 0 saturated carbocycles. The van der Waals surface area contributed by atoms with Crippen molar-refractivity contribution in [1.82, 2.24) is 20.1 Å². The van der Waals surface area contributed by atoms with E-state index in [1.54, 1.807) is 0 Å². The van der Waals surface area contributed by atoms with Crippen LogP contribution in [-0.2, 0) is 0 Å². The number of anilines is 1. The van der Waals surface area contributed by atoms with Crippen LogP contribution < -0.4 is 5.32 Å². The Morgan fingerprint density at radius 3 is 2.77 bits per heavy atom. The van der Waals surface area contributed by atoms with Crippen molar-refractivity contribution >= 4 is 11.6 Å². The van der Waals surface area contributed by atoms with Crippen LogP contribution in [0, 0.1) is 13.8 Å². The summed E-state index contributed by atoms with van der Waals surface area (Å²) in [6.45, 7) is 3.98. The van der Waals surface area contributed by atoms with Crippen LogP contribution >= 0.6 is 0 Å². The van der Waals surface area contributed by atoms with Gasteiger partial charge in [0.25, 0.3) is 0 Å². The molecule has 2 heterocycles. The van der Waals surface area contributed by atoms with Crippen molar-refractivity contribution < 1.29 is 9.32 Å². The molecule has 0 unspecified atom stereocenters. The average Bonchev–Trinajstić information content (AvgIpc) is 3.02. The molecule has 0 radical (unpaired) electrons. The first-order valence-corrected chi connectivity index (χ1v) is 6.62. The van der Waals surface area contributed by atoms with Gasteiger partial charge in [0.15, 0.2) is 0 Å². The first-order valence-electron chi connectivity index (χ1n) is 6.62. The van der Waals surface area contributed by atoms with Crippen molar-refractivity contribution in [3.05, 3.63) is 53.8 Å². The largest absolute Gasteiger partial charge is 0.328 e. The molecule has 1 N–H and O–H groups in total. The molecule has 22 heavy (non-hydrogen) atoms. The fourth-order valence-electron chi connectivity index (χ4n) is 1.84. The molecule has 0 saturated heterocycles. The molecule has 0 aliphatic rings. The number of amides is 1. The van der Waals surface area contributed by atoms with Crippen molar-refractivity contribution in [2.45, 2.75) is 13.8 Å². The lowest BCUT2D eigenvalue weighted by molar-refractivity contribution is 0.0981. The SMILES string of the molecule is Cc1ccc(NC(=O)c2nc(-c3cnccn3)no2)cc1C. The van der Waals surface area contributed by atoms with Crippen LogP contribution in [0.25, 0.3) is 11.5 Å². The lowest BCUT2D eigenvalue weighted by atomic mass is 10.1. The van der Waals surface area contributed by atoms with E-state index in [0.717, 1.165) is 11.1 Å². The third-order valence-electron chi connectivity index (χ3n) is 3.18. The summed E-state index contributed by atoms with van der Waals surface area (Å²) in [7, 11) is 0. The number of aryl methyl sites for hydroxylation is 2. The highest BCUT2D eigenvalue weighted by Crippen LogP contribution is 2.16. The van der Waals surface area contributed by atoms with Gasteiger partial charge in [0.05, 0.1) is 6.20 Å². The van der Waals surface area contributed by atoms with Crippen molar-refractivity contribution in [2.24, 2.45) is 0 Å². The monoisotopic (exact) mass is 295 g/mol. The molecule has 0 bridgehead atoms. The number of hydrogen-bond donors (Lipinski definition) is 1. The molecule has 2 aromatic heterocycles. The number of carbonyl (C=O) groups excluding carboxylic acids is 1. The van der Waals surface area contributed by atoms with E-state index in [-0.39, 0.29) is 11.7 Å². The van der Waals surface area contributed by atoms with Crippen molar-refractivity contribution in [3.8, 4) is 11.5 Å². The van der Waals surface area contributed by atoms with E-state index in [9.17, 15) is 4.79 Å². The predicted molar refractivity (Wildman–Crippen MR) is 79.2 cm³/mol. The minimum atomic E-state index is -0.467. The predicted octanol–water partition coefficient (Wildman–Crippen LogP) is 2.40. The Hall–Kier alpha value is -3.09. The zero-order valence-corrected chi connectivity index (χ0v) is 12.1. The Bertz CT molecular complexity index is 814. The van der Waals surface area contributed by atoms with Crippen LogP contribution in [0.4, 0.5) is 5.69 Å². The van der Waals surface area contributed by atoms with Crippen molar-refractivity contribution in [2.75, 3.05) is 5.32 Å². The highest BCUT2D eigenvalue weighted by atomic mass is 16.5. The standard InChI is InChI=1S/C15H13N5O2/c1-9-3-4-11(7-10(9)2)18-14(21)15-19-13(20-22-15)12-8-16-5-6-17-12/h3-8H,1-2H3,(H,18,21). The summed E-state index contributed by atoms with van der Waals surface area (Å²) in [4.78, 5) is 24.1. The third kappa shape index (κ3) is 2.83. The fourth-order valence-corrected chi connectivity index (χ4v) is 1.84. The second-order valence-electron chi connectivity index (χ2n) is 4.77. The highest BCUT2D eigenvalue weighted by Gasteiger charge is 2.17. The summed E-state index contributed by atoms with van der Waals surface area (Å²) in [6.07, 6.45) is 4.55. The molecule has 3 rings (SSSR count). The van der Waals surface area contributed by atoms with Crippen LogP contribution in [0.3, 0.4) is 0 Å². The van der Waals surface area contributed by atoms with E-state index < -0.39 is 5.91 Å². The number of benzene rings is 1. The molecule has 7 heteroatoms. The third-order valence-corrected chi connectivity index (χ3v) is 3.18. The molecule has 0 aliphatic carbocycles. The molecule has 0 spiro atoms. The smallest absolute Gasteiger partial charge is 0.316 e. The van der Waals surface area contributed by atoms with E-state index in [1.165, 1.54) is 18.6 Å². The van der Waals surface area contributed by atoms with E-state index in [2.05, 4.69) is 25.4 Å². The minimum absolute atomic E-state index is 0.126. The zero-order valence-electron chi connectivity index (χ0n) is 12.1.